The fraction of sp³-hybridized carbons (Fsp3) is 0.310. The Labute approximate surface area is 334 Å². The molecule has 55 heavy (non-hydrogen) atoms. The minimum absolute atomic E-state index is 0.0609. The van der Waals surface area contributed by atoms with Crippen LogP contribution in [0.2, 0.25) is 0 Å². The number of benzene rings is 3. The first-order valence-electron chi connectivity index (χ1n) is 18.6. The Bertz CT molecular complexity index is 2870. The lowest BCUT2D eigenvalue weighted by Crippen LogP contribution is -2.31. The Morgan fingerprint density at radius 2 is 1.69 bits per heavy atom. The number of rotatable bonds is 6. The summed E-state index contributed by atoms with van der Waals surface area (Å²) in [5.41, 5.74) is 8.84. The molecule has 1 saturated carbocycles. The number of carbonyl (C=O) groups excluding carboxylic acids is 1. The molecule has 2 atom stereocenters. The second kappa shape index (κ2) is 13.3. The van der Waals surface area contributed by atoms with Gasteiger partial charge in [-0.2, -0.15) is 0 Å². The van der Waals surface area contributed by atoms with Gasteiger partial charge in [-0.25, -0.2) is 0 Å². The summed E-state index contributed by atoms with van der Waals surface area (Å²) >= 11 is 8.79. The van der Waals surface area contributed by atoms with Gasteiger partial charge in [0, 0.05) is 41.8 Å². The Balaban J connectivity index is 1.18. The van der Waals surface area contributed by atoms with Gasteiger partial charge in [-0.05, 0) is 90.4 Å². The third-order valence-corrected chi connectivity index (χ3v) is 15.6. The smallest absolute Gasteiger partial charge is 0.323 e. The third kappa shape index (κ3) is 5.48. The predicted molar refractivity (Wildman–Crippen MR) is 225 cm³/mol. The van der Waals surface area contributed by atoms with Crippen molar-refractivity contribution in [2.75, 3.05) is 11.4 Å². The number of carboxylic acid groups (broad SMARTS) is 1. The van der Waals surface area contributed by atoms with E-state index in [1.165, 1.54) is 53.2 Å². The number of aliphatic carboxylic acids is 1. The number of carboxylic acids is 1. The monoisotopic (exact) mass is 806 g/mol. The summed E-state index contributed by atoms with van der Waals surface area (Å²) in [5, 5.41) is 9.85. The average Bonchev–Trinajstić information content (AvgIpc) is 3.99. The first-order valence-corrected chi connectivity index (χ1v) is 21.4. The molecule has 4 aliphatic rings. The second-order valence-corrected chi connectivity index (χ2v) is 18.6. The van der Waals surface area contributed by atoms with Gasteiger partial charge in [0.2, 0.25) is 0 Å². The van der Waals surface area contributed by atoms with Crippen LogP contribution >= 0.6 is 46.7 Å². The number of nitrogens with zero attached hydrogens (tertiary/aromatic N) is 4. The molecule has 2 aromatic heterocycles. The summed E-state index contributed by atoms with van der Waals surface area (Å²) in [6, 6.07) is 22.3. The molecule has 2 unspecified atom stereocenters. The molecule has 1 saturated heterocycles. The summed E-state index contributed by atoms with van der Waals surface area (Å²) in [5.74, 6) is -1.10. The van der Waals surface area contributed by atoms with Crippen molar-refractivity contribution in [2.24, 2.45) is 0 Å². The molecule has 3 aromatic carbocycles. The minimum atomic E-state index is -1.19. The van der Waals surface area contributed by atoms with Gasteiger partial charge in [-0.3, -0.25) is 33.2 Å². The molecule has 2 aliphatic carbocycles. The van der Waals surface area contributed by atoms with E-state index in [2.05, 4.69) is 73.3 Å². The zero-order valence-electron chi connectivity index (χ0n) is 30.8. The number of carbonyl (C=O) groups is 2. The highest BCUT2D eigenvalue weighted by Crippen LogP contribution is 2.55. The lowest BCUT2D eigenvalue weighted by atomic mass is 9.82. The Morgan fingerprint density at radius 3 is 2.44 bits per heavy atom. The molecule has 2 fully saturated rings. The second-order valence-electron chi connectivity index (χ2n) is 14.9. The highest BCUT2D eigenvalue weighted by molar-refractivity contribution is 8.30. The average molecular weight is 807 g/mol. The number of amides is 1. The zero-order valence-corrected chi connectivity index (χ0v) is 34.0. The summed E-state index contributed by atoms with van der Waals surface area (Å²) in [6.45, 7) is 8.35. The van der Waals surface area contributed by atoms with Crippen LogP contribution < -0.4 is 25.2 Å². The molecule has 13 heteroatoms. The van der Waals surface area contributed by atoms with Crippen LogP contribution in [-0.4, -0.2) is 47.9 Å². The highest BCUT2D eigenvalue weighted by Gasteiger charge is 2.43. The summed E-state index contributed by atoms with van der Waals surface area (Å²) in [4.78, 5) is 57.5. The summed E-state index contributed by atoms with van der Waals surface area (Å²) < 4.78 is 4.37. The van der Waals surface area contributed by atoms with E-state index >= 15 is 0 Å². The Morgan fingerprint density at radius 1 is 0.909 bits per heavy atom. The van der Waals surface area contributed by atoms with Crippen LogP contribution in [0.25, 0.3) is 22.1 Å². The van der Waals surface area contributed by atoms with Crippen molar-refractivity contribution in [3.63, 3.8) is 0 Å². The van der Waals surface area contributed by atoms with Crippen molar-refractivity contribution in [2.45, 2.75) is 77.4 Å². The van der Waals surface area contributed by atoms with Gasteiger partial charge >= 0.3 is 5.97 Å². The largest absolute Gasteiger partial charge is 0.480 e. The van der Waals surface area contributed by atoms with E-state index in [1.807, 2.05) is 26.0 Å². The molecular weight excluding hydrogens is 769 g/mol. The summed E-state index contributed by atoms with van der Waals surface area (Å²) in [7, 11) is 0. The topological polar surface area (TPSA) is 105 Å². The molecule has 9 rings (SSSR count). The number of thioether (sulfide) groups is 1. The van der Waals surface area contributed by atoms with Crippen molar-refractivity contribution in [1.29, 1.82) is 0 Å². The number of fused-ring (bicyclic) bond motifs is 6. The van der Waals surface area contributed by atoms with E-state index in [-0.39, 0.29) is 26.1 Å². The number of thiocarbonyl (C=S) groups is 1. The highest BCUT2D eigenvalue weighted by atomic mass is 32.2. The first-order chi connectivity index (χ1) is 26.4. The maximum absolute atomic E-state index is 14.0. The fourth-order valence-corrected chi connectivity index (χ4v) is 13.1. The van der Waals surface area contributed by atoms with Gasteiger partial charge in [-0.1, -0.05) is 80.6 Å². The molecule has 9 nitrogen and oxygen atoms in total. The molecule has 280 valence electrons. The normalized spacial score (nSPS) is 21.3. The van der Waals surface area contributed by atoms with Crippen LogP contribution in [0.1, 0.15) is 75.1 Å². The van der Waals surface area contributed by atoms with E-state index < -0.39 is 18.1 Å². The zero-order chi connectivity index (χ0) is 38.5. The maximum atomic E-state index is 14.0. The molecule has 1 amide bonds. The Kier molecular flexibility index (Phi) is 8.72. The van der Waals surface area contributed by atoms with Crippen molar-refractivity contribution in [1.82, 2.24) is 14.0 Å². The van der Waals surface area contributed by atoms with E-state index in [1.54, 1.807) is 0 Å². The predicted octanol–water partition coefficient (Wildman–Crippen LogP) is 6.44. The third-order valence-electron chi connectivity index (χ3n) is 11.6. The van der Waals surface area contributed by atoms with Crippen LogP contribution in [-0.2, 0) is 28.1 Å². The van der Waals surface area contributed by atoms with E-state index in [9.17, 15) is 24.3 Å². The maximum Gasteiger partial charge on any atom is 0.323 e. The fourth-order valence-electron chi connectivity index (χ4n) is 9.08. The number of hydrogen-bond donors (Lipinski definition) is 1. The standard InChI is InChI=1S/C42H38N4O5S4/c1-5-43-37(50)34(54-39(43)35-38(51)44(6-2)41(52)55-35)40-45(21-33(47)48)36(49)32(53-40)19-22-14-17-31-27(18-22)25-11-9-13-30(25)46(31)23-15-16-29-26(20-23)24-10-7-8-12-28(24)42(29,3)4/h7-8,10,12,14-20,25,30H,5-6,9,11,13,21H2,1-4H3,(H,47,48)/b32-19+,39-35+,40-34+. The van der Waals surface area contributed by atoms with Gasteiger partial charge in [-0.15, -0.1) is 22.7 Å². The summed E-state index contributed by atoms with van der Waals surface area (Å²) in [6.07, 6.45) is 5.12. The molecule has 2 aliphatic heterocycles. The van der Waals surface area contributed by atoms with Crippen LogP contribution in [0.3, 0.4) is 0 Å². The van der Waals surface area contributed by atoms with Gasteiger partial charge in [0.15, 0.2) is 0 Å². The molecule has 0 radical (unpaired) electrons. The van der Waals surface area contributed by atoms with E-state index in [0.29, 0.717) is 43.5 Å². The van der Waals surface area contributed by atoms with Crippen LogP contribution in [0.15, 0.2) is 70.3 Å². The van der Waals surface area contributed by atoms with Gasteiger partial charge in [0.25, 0.3) is 17.0 Å². The van der Waals surface area contributed by atoms with Gasteiger partial charge in [0.05, 0.1) is 4.53 Å². The SMILES string of the molecule is CCN1C(=O)/C(=c2\s/c(=c3/s/c(=C/c4ccc5c(c4)C4CCCC4N5c4ccc5c(c4)-c4ccccc4C5(C)C)c(=O)n3CC(=O)O)c(=O)n2CC)SC1=S. The first kappa shape index (κ1) is 36.1. The number of aromatic nitrogens is 2. The number of anilines is 2. The molecule has 0 bridgehead atoms. The number of thiazole rings is 2. The quantitative estimate of drug-likeness (QED) is 0.196. The van der Waals surface area contributed by atoms with Crippen LogP contribution in [0.5, 0.6) is 0 Å². The van der Waals surface area contributed by atoms with E-state index in [4.69, 9.17) is 12.2 Å². The van der Waals surface area contributed by atoms with Crippen LogP contribution in [0, 0.1) is 9.20 Å². The lowest BCUT2D eigenvalue weighted by molar-refractivity contribution is -0.137. The van der Waals surface area contributed by atoms with Crippen molar-refractivity contribution in [3.8, 4) is 11.1 Å². The van der Waals surface area contributed by atoms with Crippen molar-refractivity contribution < 1.29 is 14.7 Å². The molecular formula is C42H38N4O5S4. The lowest BCUT2D eigenvalue weighted by Gasteiger charge is -2.28. The molecule has 0 spiro atoms. The van der Waals surface area contributed by atoms with Crippen LogP contribution in [0.4, 0.5) is 11.4 Å². The van der Waals surface area contributed by atoms with E-state index in [0.717, 1.165) is 59.3 Å². The molecule has 5 aromatic rings. The molecule has 4 heterocycles. The van der Waals surface area contributed by atoms with Crippen molar-refractivity contribution in [3.05, 3.63) is 122 Å². The minimum Gasteiger partial charge on any atom is -0.480 e. The van der Waals surface area contributed by atoms with Gasteiger partial charge < -0.3 is 10.0 Å². The Hall–Kier alpha value is -4.56. The van der Waals surface area contributed by atoms with Gasteiger partial charge in [0.1, 0.15) is 29.6 Å². The molecule has 1 N–H and O–H groups in total. The van der Waals surface area contributed by atoms with Crippen molar-refractivity contribution >= 4 is 85.2 Å². The number of hydrogen-bond acceptors (Lipinski definition) is 9.